The third kappa shape index (κ3) is 2.41. The van der Waals surface area contributed by atoms with Crippen LogP contribution in [-0.2, 0) is 4.43 Å². The Hall–Kier alpha value is 0.680. The molecule has 0 saturated carbocycles. The predicted molar refractivity (Wildman–Crippen MR) is 56.9 cm³/mol. The molecule has 1 aromatic carbocycles. The summed E-state index contributed by atoms with van der Waals surface area (Å²) in [5.74, 6) is 0. The maximum atomic E-state index is 2.37. The first kappa shape index (κ1) is 7.78. The minimum atomic E-state index is 1.11. The molecule has 0 heterocycles. The van der Waals surface area contributed by atoms with Crippen LogP contribution in [0.1, 0.15) is 5.56 Å². The SMILES string of the molecule is ICc1cccc(I)c1. The summed E-state index contributed by atoms with van der Waals surface area (Å²) in [6.07, 6.45) is 0. The summed E-state index contributed by atoms with van der Waals surface area (Å²) in [4.78, 5) is 0. The summed E-state index contributed by atoms with van der Waals surface area (Å²) >= 11 is 4.69. The van der Waals surface area contributed by atoms with Crippen LogP contribution in [0, 0.1) is 3.57 Å². The van der Waals surface area contributed by atoms with Gasteiger partial charge in [-0.05, 0) is 40.3 Å². The number of halogens is 2. The molecule has 0 nitrogen and oxygen atoms in total. The molecule has 0 aromatic heterocycles. The number of benzene rings is 1. The quantitative estimate of drug-likeness (QED) is 0.542. The van der Waals surface area contributed by atoms with Gasteiger partial charge in [-0.15, -0.1) is 0 Å². The van der Waals surface area contributed by atoms with Gasteiger partial charge in [-0.2, -0.15) is 0 Å². The summed E-state index contributed by atoms with van der Waals surface area (Å²) in [5, 5.41) is 0. The highest BCUT2D eigenvalue weighted by atomic mass is 127. The van der Waals surface area contributed by atoms with E-state index in [1.54, 1.807) is 0 Å². The lowest BCUT2D eigenvalue weighted by molar-refractivity contribution is 1.44. The molecule has 0 radical (unpaired) electrons. The minimum Gasteiger partial charge on any atom is -0.0812 e. The summed E-state index contributed by atoms with van der Waals surface area (Å²) in [7, 11) is 0. The molecule has 2 heteroatoms. The van der Waals surface area contributed by atoms with Crippen LogP contribution in [0.4, 0.5) is 0 Å². The lowest BCUT2D eigenvalue weighted by Gasteiger charge is -1.93. The fourth-order valence-corrected chi connectivity index (χ4v) is 1.70. The van der Waals surface area contributed by atoms with E-state index in [1.165, 1.54) is 9.13 Å². The molecule has 0 fully saturated rings. The van der Waals surface area contributed by atoms with Gasteiger partial charge in [0.2, 0.25) is 0 Å². The van der Waals surface area contributed by atoms with Crippen molar-refractivity contribution in [2.24, 2.45) is 0 Å². The zero-order chi connectivity index (χ0) is 6.69. The Kier molecular flexibility index (Phi) is 3.25. The normalized spacial score (nSPS) is 9.56. The van der Waals surface area contributed by atoms with E-state index in [2.05, 4.69) is 69.4 Å². The molecule has 0 aliphatic rings. The van der Waals surface area contributed by atoms with Crippen molar-refractivity contribution in [2.45, 2.75) is 4.43 Å². The van der Waals surface area contributed by atoms with E-state index in [0.717, 1.165) is 4.43 Å². The van der Waals surface area contributed by atoms with Gasteiger partial charge in [-0.1, -0.05) is 34.7 Å². The van der Waals surface area contributed by atoms with Crippen LogP contribution in [0.3, 0.4) is 0 Å². The number of rotatable bonds is 1. The van der Waals surface area contributed by atoms with Crippen molar-refractivity contribution >= 4 is 45.2 Å². The maximum Gasteiger partial charge on any atom is 0.0247 e. The summed E-state index contributed by atoms with van der Waals surface area (Å²) in [6.45, 7) is 0. The molecule has 0 saturated heterocycles. The average molecular weight is 344 g/mol. The largest absolute Gasteiger partial charge is 0.0812 e. The van der Waals surface area contributed by atoms with E-state index in [-0.39, 0.29) is 0 Å². The Bertz CT molecular complexity index is 196. The molecular weight excluding hydrogens is 338 g/mol. The van der Waals surface area contributed by atoms with Crippen molar-refractivity contribution in [1.29, 1.82) is 0 Å². The van der Waals surface area contributed by atoms with Gasteiger partial charge in [0.05, 0.1) is 0 Å². The molecule has 48 valence electrons. The zero-order valence-corrected chi connectivity index (χ0v) is 9.09. The van der Waals surface area contributed by atoms with Crippen LogP contribution in [0.25, 0.3) is 0 Å². The summed E-state index contributed by atoms with van der Waals surface area (Å²) in [6, 6.07) is 8.55. The van der Waals surface area contributed by atoms with Crippen LogP contribution >= 0.6 is 45.2 Å². The van der Waals surface area contributed by atoms with Crippen LogP contribution in [0.2, 0.25) is 0 Å². The van der Waals surface area contributed by atoms with Crippen molar-refractivity contribution in [3.63, 3.8) is 0 Å². The maximum absolute atomic E-state index is 2.37. The van der Waals surface area contributed by atoms with Gasteiger partial charge in [-0.25, -0.2) is 0 Å². The topological polar surface area (TPSA) is 0 Å². The molecule has 0 aliphatic carbocycles. The standard InChI is InChI=1S/C7H6I2/c8-5-6-2-1-3-7(9)4-6/h1-4H,5H2. The van der Waals surface area contributed by atoms with Crippen molar-refractivity contribution in [3.8, 4) is 0 Å². The first-order valence-corrected chi connectivity index (χ1v) is 5.24. The molecule has 0 spiro atoms. The lowest BCUT2D eigenvalue weighted by atomic mass is 10.2. The zero-order valence-electron chi connectivity index (χ0n) is 4.77. The van der Waals surface area contributed by atoms with Gasteiger partial charge in [0.1, 0.15) is 0 Å². The highest BCUT2D eigenvalue weighted by molar-refractivity contribution is 14.1. The first-order chi connectivity index (χ1) is 4.33. The van der Waals surface area contributed by atoms with Crippen molar-refractivity contribution < 1.29 is 0 Å². The van der Waals surface area contributed by atoms with Gasteiger partial charge in [0.15, 0.2) is 0 Å². The van der Waals surface area contributed by atoms with Crippen LogP contribution in [-0.4, -0.2) is 0 Å². The third-order valence-electron chi connectivity index (χ3n) is 1.04. The van der Waals surface area contributed by atoms with Crippen LogP contribution in [0.15, 0.2) is 24.3 Å². The van der Waals surface area contributed by atoms with Gasteiger partial charge in [0, 0.05) is 8.00 Å². The second-order valence-corrected chi connectivity index (χ2v) is 3.77. The molecule has 9 heavy (non-hydrogen) atoms. The van der Waals surface area contributed by atoms with Crippen molar-refractivity contribution in [3.05, 3.63) is 33.4 Å². The van der Waals surface area contributed by atoms with E-state index in [4.69, 9.17) is 0 Å². The Morgan fingerprint density at radius 1 is 1.33 bits per heavy atom. The van der Waals surface area contributed by atoms with E-state index in [9.17, 15) is 0 Å². The lowest BCUT2D eigenvalue weighted by Crippen LogP contribution is -1.76. The summed E-state index contributed by atoms with van der Waals surface area (Å²) in [5.41, 5.74) is 1.41. The smallest absolute Gasteiger partial charge is 0.0247 e. The van der Waals surface area contributed by atoms with Gasteiger partial charge in [-0.3, -0.25) is 0 Å². The van der Waals surface area contributed by atoms with Gasteiger partial charge < -0.3 is 0 Å². The van der Waals surface area contributed by atoms with Crippen LogP contribution in [0.5, 0.6) is 0 Å². The molecule has 1 aromatic rings. The molecule has 0 amide bonds. The average Bonchev–Trinajstić information content (AvgIpc) is 1.88. The Morgan fingerprint density at radius 2 is 2.11 bits per heavy atom. The van der Waals surface area contributed by atoms with E-state index < -0.39 is 0 Å². The predicted octanol–water partition coefficient (Wildman–Crippen LogP) is 3.23. The van der Waals surface area contributed by atoms with Gasteiger partial charge >= 0.3 is 0 Å². The molecular formula is C7H6I2. The second-order valence-electron chi connectivity index (χ2n) is 1.76. The number of alkyl halides is 1. The highest BCUT2D eigenvalue weighted by Crippen LogP contribution is 2.10. The fourth-order valence-electron chi connectivity index (χ4n) is 0.620. The Balaban J connectivity index is 2.94. The third-order valence-corrected chi connectivity index (χ3v) is 2.60. The molecule has 0 N–H and O–H groups in total. The van der Waals surface area contributed by atoms with E-state index >= 15 is 0 Å². The highest BCUT2D eigenvalue weighted by Gasteiger charge is 1.88. The fraction of sp³-hybridized carbons (Fsp3) is 0.143. The van der Waals surface area contributed by atoms with Crippen molar-refractivity contribution in [2.75, 3.05) is 0 Å². The van der Waals surface area contributed by atoms with Crippen LogP contribution < -0.4 is 0 Å². The molecule has 0 atom stereocenters. The summed E-state index contributed by atoms with van der Waals surface area (Å²) < 4.78 is 2.43. The Morgan fingerprint density at radius 3 is 2.56 bits per heavy atom. The first-order valence-electron chi connectivity index (χ1n) is 2.63. The van der Waals surface area contributed by atoms with Crippen molar-refractivity contribution in [1.82, 2.24) is 0 Å². The molecule has 0 bridgehead atoms. The number of hydrogen-bond donors (Lipinski definition) is 0. The molecule has 0 unspecified atom stereocenters. The minimum absolute atomic E-state index is 1.11. The molecule has 0 aliphatic heterocycles. The van der Waals surface area contributed by atoms with E-state index in [0.29, 0.717) is 0 Å². The Labute approximate surface area is 82.3 Å². The molecule has 1 rings (SSSR count). The monoisotopic (exact) mass is 344 g/mol. The van der Waals surface area contributed by atoms with Gasteiger partial charge in [0.25, 0.3) is 0 Å². The second kappa shape index (κ2) is 3.75. The van der Waals surface area contributed by atoms with E-state index in [1.807, 2.05) is 0 Å². The number of hydrogen-bond acceptors (Lipinski definition) is 0.